The molecular formula is C51H32O2. The van der Waals surface area contributed by atoms with Crippen molar-refractivity contribution >= 4 is 76.2 Å². The van der Waals surface area contributed by atoms with Crippen LogP contribution in [-0.2, 0) is 5.41 Å². The molecule has 0 aliphatic heterocycles. The second-order valence-electron chi connectivity index (χ2n) is 15.3. The molecule has 0 N–H and O–H groups in total. The predicted octanol–water partition coefficient (Wildman–Crippen LogP) is 14.6. The van der Waals surface area contributed by atoms with E-state index in [1.807, 2.05) is 18.2 Å². The van der Waals surface area contributed by atoms with Gasteiger partial charge in [-0.3, -0.25) is 0 Å². The zero-order valence-corrected chi connectivity index (χ0v) is 29.3. The highest BCUT2D eigenvalue weighted by Gasteiger charge is 2.35. The molecule has 0 saturated heterocycles. The summed E-state index contributed by atoms with van der Waals surface area (Å²) in [4.78, 5) is 0. The first-order valence-corrected chi connectivity index (χ1v) is 18.4. The largest absolute Gasteiger partial charge is 0.456 e. The third-order valence-corrected chi connectivity index (χ3v) is 12.1. The molecule has 248 valence electrons. The van der Waals surface area contributed by atoms with Gasteiger partial charge in [0.05, 0.1) is 0 Å². The average molecular weight is 677 g/mol. The molecule has 53 heavy (non-hydrogen) atoms. The van der Waals surface area contributed by atoms with Crippen LogP contribution in [0.5, 0.6) is 0 Å². The van der Waals surface area contributed by atoms with E-state index in [1.165, 1.54) is 71.3 Å². The van der Waals surface area contributed by atoms with Crippen LogP contribution in [0.4, 0.5) is 0 Å². The summed E-state index contributed by atoms with van der Waals surface area (Å²) in [6.07, 6.45) is 0. The Hall–Kier alpha value is -6.64. The SMILES string of the molecule is CC1(C)c2ccccc2-c2ccc(-c3ccc4c5ccc(-c6ccc7oc8cc9c(cc8c7c6)oc6ccccc69)cc5c5ccccc5c4c3)cc21. The van der Waals surface area contributed by atoms with Crippen LogP contribution in [0.15, 0.2) is 167 Å². The minimum absolute atomic E-state index is 0.0321. The van der Waals surface area contributed by atoms with Gasteiger partial charge in [-0.1, -0.05) is 123 Å². The number of fused-ring (bicyclic) bond motifs is 15. The number of furan rings is 2. The van der Waals surface area contributed by atoms with Crippen molar-refractivity contribution in [3.05, 3.63) is 169 Å². The first-order chi connectivity index (χ1) is 26.0. The Bertz CT molecular complexity index is 3350. The van der Waals surface area contributed by atoms with Gasteiger partial charge in [0.15, 0.2) is 0 Å². The fourth-order valence-corrected chi connectivity index (χ4v) is 9.37. The molecule has 2 aromatic heterocycles. The van der Waals surface area contributed by atoms with E-state index in [9.17, 15) is 0 Å². The van der Waals surface area contributed by atoms with E-state index in [0.29, 0.717) is 0 Å². The highest BCUT2D eigenvalue weighted by molar-refractivity contribution is 6.26. The lowest BCUT2D eigenvalue weighted by molar-refractivity contribution is 0.660. The summed E-state index contributed by atoms with van der Waals surface area (Å²) >= 11 is 0. The first-order valence-electron chi connectivity index (χ1n) is 18.4. The highest BCUT2D eigenvalue weighted by atomic mass is 16.3. The Labute approximate surface area is 305 Å². The molecule has 0 unspecified atom stereocenters. The molecule has 2 heteroatoms. The van der Waals surface area contributed by atoms with E-state index in [4.69, 9.17) is 8.83 Å². The van der Waals surface area contributed by atoms with Crippen LogP contribution in [0, 0.1) is 0 Å². The minimum atomic E-state index is -0.0321. The van der Waals surface area contributed by atoms with Gasteiger partial charge in [-0.25, -0.2) is 0 Å². The first kappa shape index (κ1) is 29.0. The summed E-state index contributed by atoms with van der Waals surface area (Å²) in [5, 5.41) is 12.0. The molecule has 2 nitrogen and oxygen atoms in total. The molecule has 2 heterocycles. The van der Waals surface area contributed by atoms with Crippen LogP contribution < -0.4 is 0 Å². The second-order valence-corrected chi connectivity index (χ2v) is 15.3. The molecular weight excluding hydrogens is 645 g/mol. The van der Waals surface area contributed by atoms with Gasteiger partial charge in [-0.05, 0) is 125 Å². The molecule has 0 spiro atoms. The molecule has 11 aromatic rings. The zero-order valence-electron chi connectivity index (χ0n) is 29.3. The number of hydrogen-bond donors (Lipinski definition) is 0. The van der Waals surface area contributed by atoms with Crippen molar-refractivity contribution in [3.8, 4) is 33.4 Å². The summed E-state index contributed by atoms with van der Waals surface area (Å²) < 4.78 is 12.6. The Morgan fingerprint density at radius 1 is 0.302 bits per heavy atom. The minimum Gasteiger partial charge on any atom is -0.456 e. The second kappa shape index (κ2) is 10.2. The van der Waals surface area contributed by atoms with Crippen LogP contribution in [0.25, 0.3) is 110 Å². The van der Waals surface area contributed by atoms with Crippen molar-refractivity contribution in [2.24, 2.45) is 0 Å². The Balaban J connectivity index is 0.999. The molecule has 0 atom stereocenters. The van der Waals surface area contributed by atoms with Gasteiger partial charge < -0.3 is 8.83 Å². The third kappa shape index (κ3) is 3.98. The van der Waals surface area contributed by atoms with Gasteiger partial charge in [0, 0.05) is 27.0 Å². The summed E-state index contributed by atoms with van der Waals surface area (Å²) in [5.41, 5.74) is 13.9. The summed E-state index contributed by atoms with van der Waals surface area (Å²) in [7, 11) is 0. The summed E-state index contributed by atoms with van der Waals surface area (Å²) in [6.45, 7) is 4.70. The smallest absolute Gasteiger partial charge is 0.136 e. The van der Waals surface area contributed by atoms with Gasteiger partial charge >= 0.3 is 0 Å². The van der Waals surface area contributed by atoms with E-state index < -0.39 is 0 Å². The molecule has 0 amide bonds. The number of para-hydroxylation sites is 1. The fraction of sp³-hybridized carbons (Fsp3) is 0.0588. The molecule has 0 bridgehead atoms. The van der Waals surface area contributed by atoms with Crippen LogP contribution >= 0.6 is 0 Å². The quantitative estimate of drug-likeness (QED) is 0.170. The van der Waals surface area contributed by atoms with Crippen molar-refractivity contribution < 1.29 is 8.83 Å². The van der Waals surface area contributed by atoms with E-state index in [2.05, 4.69) is 153 Å². The van der Waals surface area contributed by atoms with Crippen molar-refractivity contribution in [1.29, 1.82) is 0 Å². The Morgan fingerprint density at radius 2 is 0.755 bits per heavy atom. The molecule has 12 rings (SSSR count). The fourth-order valence-electron chi connectivity index (χ4n) is 9.37. The van der Waals surface area contributed by atoms with Crippen LogP contribution in [0.1, 0.15) is 25.0 Å². The Morgan fingerprint density at radius 3 is 1.45 bits per heavy atom. The molecule has 0 saturated carbocycles. The van der Waals surface area contributed by atoms with Crippen LogP contribution in [0.2, 0.25) is 0 Å². The van der Waals surface area contributed by atoms with Gasteiger partial charge in [0.1, 0.15) is 22.3 Å². The molecule has 1 aliphatic carbocycles. The Kier molecular flexibility index (Phi) is 5.60. The third-order valence-electron chi connectivity index (χ3n) is 12.1. The maximum atomic E-state index is 6.39. The van der Waals surface area contributed by atoms with Crippen molar-refractivity contribution in [2.45, 2.75) is 19.3 Å². The van der Waals surface area contributed by atoms with Gasteiger partial charge in [-0.2, -0.15) is 0 Å². The van der Waals surface area contributed by atoms with Crippen molar-refractivity contribution in [2.75, 3.05) is 0 Å². The molecule has 1 aliphatic rings. The molecule has 0 radical (unpaired) electrons. The predicted molar refractivity (Wildman–Crippen MR) is 222 cm³/mol. The zero-order chi connectivity index (χ0) is 35.0. The number of hydrogen-bond acceptors (Lipinski definition) is 2. The number of rotatable bonds is 2. The van der Waals surface area contributed by atoms with Crippen LogP contribution in [0.3, 0.4) is 0 Å². The van der Waals surface area contributed by atoms with Crippen molar-refractivity contribution in [1.82, 2.24) is 0 Å². The van der Waals surface area contributed by atoms with Crippen LogP contribution in [-0.4, -0.2) is 0 Å². The lowest BCUT2D eigenvalue weighted by Gasteiger charge is -2.22. The summed E-state index contributed by atoms with van der Waals surface area (Å²) in [5.74, 6) is 0. The maximum absolute atomic E-state index is 6.39. The van der Waals surface area contributed by atoms with Gasteiger partial charge in [0.2, 0.25) is 0 Å². The lowest BCUT2D eigenvalue weighted by Crippen LogP contribution is -2.14. The van der Waals surface area contributed by atoms with Crippen molar-refractivity contribution in [3.63, 3.8) is 0 Å². The molecule has 9 aromatic carbocycles. The van der Waals surface area contributed by atoms with E-state index in [1.54, 1.807) is 0 Å². The number of benzene rings is 9. The van der Waals surface area contributed by atoms with E-state index in [0.717, 1.165) is 49.4 Å². The van der Waals surface area contributed by atoms with Gasteiger partial charge in [0.25, 0.3) is 0 Å². The standard InChI is InChI=1S/C51H32O2/c1-51(2)45-13-7-5-11-37(45)38-21-17-32(26-46(38)51)30-16-20-36-35-19-15-29(23-40(35)33-9-3-4-10-34(33)41(36)24-30)31-18-22-48-42(25-31)44-28-49-43(27-50(44)53-48)39-12-6-8-14-47(39)52-49/h3-28H,1-2H3. The summed E-state index contributed by atoms with van der Waals surface area (Å²) in [6, 6.07) is 57.8. The average Bonchev–Trinajstić information content (AvgIpc) is 3.83. The maximum Gasteiger partial charge on any atom is 0.136 e. The monoisotopic (exact) mass is 676 g/mol. The van der Waals surface area contributed by atoms with E-state index >= 15 is 0 Å². The highest BCUT2D eigenvalue weighted by Crippen LogP contribution is 2.50. The topological polar surface area (TPSA) is 26.3 Å². The van der Waals surface area contributed by atoms with E-state index in [-0.39, 0.29) is 5.41 Å². The van der Waals surface area contributed by atoms with Gasteiger partial charge in [-0.15, -0.1) is 0 Å². The normalized spacial score (nSPS) is 13.6. The molecule has 0 fully saturated rings. The lowest BCUT2D eigenvalue weighted by atomic mass is 9.81.